The smallest absolute Gasteiger partial charge is 0.337 e. The van der Waals surface area contributed by atoms with Gasteiger partial charge >= 0.3 is 5.97 Å². The highest BCUT2D eigenvalue weighted by Gasteiger charge is 2.10. The zero-order valence-electron chi connectivity index (χ0n) is 11.4. The van der Waals surface area contributed by atoms with Crippen LogP contribution in [0.15, 0.2) is 42.6 Å². The van der Waals surface area contributed by atoms with Gasteiger partial charge in [-0.2, -0.15) is 0 Å². The minimum atomic E-state index is -0.975. The predicted molar refractivity (Wildman–Crippen MR) is 76.9 cm³/mol. The summed E-state index contributed by atoms with van der Waals surface area (Å²) in [4.78, 5) is 17.0. The number of hydrogen-bond donors (Lipinski definition) is 1. The Morgan fingerprint density at radius 2 is 1.95 bits per heavy atom. The number of nitrogens with zero attached hydrogens (tertiary/aromatic N) is 2. The highest BCUT2D eigenvalue weighted by Crippen LogP contribution is 2.25. The van der Waals surface area contributed by atoms with Gasteiger partial charge in [-0.1, -0.05) is 0 Å². The molecule has 5 nitrogen and oxygen atoms in total. The number of pyridine rings is 1. The third-order valence-electron chi connectivity index (χ3n) is 2.97. The minimum Gasteiger partial charge on any atom is -0.497 e. The maximum Gasteiger partial charge on any atom is 0.337 e. The quantitative estimate of drug-likeness (QED) is 0.906. The fourth-order valence-electron chi connectivity index (χ4n) is 1.91. The van der Waals surface area contributed by atoms with Crippen LogP contribution in [0.25, 0.3) is 0 Å². The summed E-state index contributed by atoms with van der Waals surface area (Å²) < 4.78 is 5.13. The van der Waals surface area contributed by atoms with Gasteiger partial charge in [0.25, 0.3) is 0 Å². The number of aromatic carboxylic acids is 1. The van der Waals surface area contributed by atoms with Crippen molar-refractivity contribution in [3.8, 4) is 5.75 Å². The number of carboxylic acid groups (broad SMARTS) is 1. The first-order valence-electron chi connectivity index (χ1n) is 6.26. The third kappa shape index (κ3) is 2.88. The Bertz CT molecular complexity index is 579. The normalized spacial score (nSPS) is 10.1. The fourth-order valence-corrected chi connectivity index (χ4v) is 1.91. The van der Waals surface area contributed by atoms with Gasteiger partial charge in [-0.05, 0) is 43.3 Å². The molecule has 0 fully saturated rings. The number of anilines is 2. The zero-order valence-corrected chi connectivity index (χ0v) is 11.4. The van der Waals surface area contributed by atoms with E-state index in [1.54, 1.807) is 19.2 Å². The molecule has 1 aromatic heterocycles. The molecule has 20 heavy (non-hydrogen) atoms. The molecule has 0 spiro atoms. The maximum atomic E-state index is 10.8. The van der Waals surface area contributed by atoms with E-state index in [2.05, 4.69) is 4.98 Å². The zero-order chi connectivity index (χ0) is 14.5. The van der Waals surface area contributed by atoms with Crippen LogP contribution in [0.2, 0.25) is 0 Å². The molecule has 0 aliphatic rings. The van der Waals surface area contributed by atoms with Crippen molar-refractivity contribution in [1.29, 1.82) is 0 Å². The summed E-state index contributed by atoms with van der Waals surface area (Å²) in [5, 5.41) is 8.88. The number of hydrogen-bond acceptors (Lipinski definition) is 4. The van der Waals surface area contributed by atoms with Crippen molar-refractivity contribution >= 4 is 17.5 Å². The van der Waals surface area contributed by atoms with Gasteiger partial charge in [0.2, 0.25) is 0 Å². The molecule has 0 aliphatic heterocycles. The second kappa shape index (κ2) is 6.06. The highest BCUT2D eigenvalue weighted by molar-refractivity contribution is 5.87. The van der Waals surface area contributed by atoms with E-state index < -0.39 is 5.97 Å². The van der Waals surface area contributed by atoms with Crippen molar-refractivity contribution < 1.29 is 14.6 Å². The molecule has 2 rings (SSSR count). The molecule has 0 saturated carbocycles. The first-order chi connectivity index (χ1) is 9.65. The van der Waals surface area contributed by atoms with Gasteiger partial charge < -0.3 is 14.7 Å². The standard InChI is InChI=1S/C15H16N2O3/c1-3-17(12-5-7-13(20-2)8-6-12)14-9-4-11(10-16-14)15(18)19/h4-10H,3H2,1-2H3,(H,18,19). The van der Waals surface area contributed by atoms with Gasteiger partial charge in [0.1, 0.15) is 11.6 Å². The van der Waals surface area contributed by atoms with Crippen LogP contribution in [0, 0.1) is 0 Å². The van der Waals surface area contributed by atoms with Crippen molar-refractivity contribution in [1.82, 2.24) is 4.98 Å². The van der Waals surface area contributed by atoms with E-state index in [0.29, 0.717) is 5.82 Å². The second-order valence-electron chi connectivity index (χ2n) is 4.15. The highest BCUT2D eigenvalue weighted by atomic mass is 16.5. The molecule has 0 unspecified atom stereocenters. The van der Waals surface area contributed by atoms with Crippen LogP contribution in [-0.2, 0) is 0 Å². The van der Waals surface area contributed by atoms with Gasteiger partial charge in [0.15, 0.2) is 0 Å². The Hall–Kier alpha value is -2.56. The van der Waals surface area contributed by atoms with E-state index in [-0.39, 0.29) is 5.56 Å². The van der Waals surface area contributed by atoms with Crippen LogP contribution in [0.1, 0.15) is 17.3 Å². The Balaban J connectivity index is 2.28. The number of methoxy groups -OCH3 is 1. The van der Waals surface area contributed by atoms with E-state index in [1.807, 2.05) is 36.1 Å². The fraction of sp³-hybridized carbons (Fsp3) is 0.200. The minimum absolute atomic E-state index is 0.180. The Morgan fingerprint density at radius 1 is 1.25 bits per heavy atom. The monoisotopic (exact) mass is 272 g/mol. The SMILES string of the molecule is CCN(c1ccc(OC)cc1)c1ccc(C(=O)O)cn1. The van der Waals surface area contributed by atoms with Crippen LogP contribution in [0.3, 0.4) is 0 Å². The van der Waals surface area contributed by atoms with Crippen molar-refractivity contribution in [2.24, 2.45) is 0 Å². The average Bonchev–Trinajstić information content (AvgIpc) is 2.49. The number of ether oxygens (including phenoxy) is 1. The second-order valence-corrected chi connectivity index (χ2v) is 4.15. The summed E-state index contributed by atoms with van der Waals surface area (Å²) in [7, 11) is 1.62. The molecule has 0 aliphatic carbocycles. The van der Waals surface area contributed by atoms with Crippen molar-refractivity contribution in [3.63, 3.8) is 0 Å². The molecular weight excluding hydrogens is 256 g/mol. The lowest BCUT2D eigenvalue weighted by molar-refractivity contribution is 0.0696. The summed E-state index contributed by atoms with van der Waals surface area (Å²) in [5.41, 5.74) is 1.16. The van der Waals surface area contributed by atoms with E-state index in [1.165, 1.54) is 6.20 Å². The molecule has 5 heteroatoms. The first kappa shape index (κ1) is 13.9. The average molecular weight is 272 g/mol. The number of carboxylic acids is 1. The maximum absolute atomic E-state index is 10.8. The van der Waals surface area contributed by atoms with Gasteiger partial charge in [-0.25, -0.2) is 9.78 Å². The Labute approximate surface area is 117 Å². The van der Waals surface area contributed by atoms with Gasteiger partial charge in [0.05, 0.1) is 12.7 Å². The van der Waals surface area contributed by atoms with Crippen LogP contribution in [0.5, 0.6) is 5.75 Å². The molecule has 0 atom stereocenters. The predicted octanol–water partition coefficient (Wildman–Crippen LogP) is 2.95. The summed E-state index contributed by atoms with van der Waals surface area (Å²) in [6.07, 6.45) is 1.36. The number of benzene rings is 1. The first-order valence-corrected chi connectivity index (χ1v) is 6.26. The van der Waals surface area contributed by atoms with Crippen LogP contribution in [-0.4, -0.2) is 29.7 Å². The van der Waals surface area contributed by atoms with Gasteiger partial charge in [-0.15, -0.1) is 0 Å². The van der Waals surface area contributed by atoms with E-state index >= 15 is 0 Å². The van der Waals surface area contributed by atoms with E-state index in [9.17, 15) is 4.79 Å². The summed E-state index contributed by atoms with van der Waals surface area (Å²) in [6.45, 7) is 2.74. The number of aromatic nitrogens is 1. The lowest BCUT2D eigenvalue weighted by atomic mass is 10.2. The van der Waals surface area contributed by atoms with E-state index in [0.717, 1.165) is 18.0 Å². The molecule has 2 aromatic rings. The molecule has 104 valence electrons. The van der Waals surface area contributed by atoms with Crippen molar-refractivity contribution in [3.05, 3.63) is 48.2 Å². The largest absolute Gasteiger partial charge is 0.497 e. The molecule has 0 radical (unpaired) electrons. The molecule has 1 N–H and O–H groups in total. The lowest BCUT2D eigenvalue weighted by Crippen LogP contribution is -2.17. The van der Waals surface area contributed by atoms with Gasteiger partial charge in [0, 0.05) is 18.4 Å². The topological polar surface area (TPSA) is 62.7 Å². The van der Waals surface area contributed by atoms with Crippen LogP contribution in [0.4, 0.5) is 11.5 Å². The molecule has 1 heterocycles. The van der Waals surface area contributed by atoms with Crippen molar-refractivity contribution in [2.45, 2.75) is 6.92 Å². The summed E-state index contributed by atoms with van der Waals surface area (Å²) in [5.74, 6) is 0.526. The lowest BCUT2D eigenvalue weighted by Gasteiger charge is -2.22. The Kier molecular flexibility index (Phi) is 4.20. The van der Waals surface area contributed by atoms with Crippen LogP contribution >= 0.6 is 0 Å². The number of carbonyl (C=O) groups is 1. The number of rotatable bonds is 5. The van der Waals surface area contributed by atoms with Crippen LogP contribution < -0.4 is 9.64 Å². The molecule has 0 bridgehead atoms. The molecule has 0 saturated heterocycles. The van der Waals surface area contributed by atoms with Crippen molar-refractivity contribution in [2.75, 3.05) is 18.6 Å². The molecule has 1 aromatic carbocycles. The van der Waals surface area contributed by atoms with E-state index in [4.69, 9.17) is 9.84 Å². The molecule has 0 amide bonds. The summed E-state index contributed by atoms with van der Waals surface area (Å²) >= 11 is 0. The molecular formula is C15H16N2O3. The summed E-state index contributed by atoms with van der Waals surface area (Å²) in [6, 6.07) is 10.9. The third-order valence-corrected chi connectivity index (χ3v) is 2.97. The Morgan fingerprint density at radius 3 is 2.40 bits per heavy atom. The van der Waals surface area contributed by atoms with Gasteiger partial charge in [-0.3, -0.25) is 0 Å².